The molecule has 2 aromatic rings. The summed E-state index contributed by atoms with van der Waals surface area (Å²) in [5, 5.41) is 1.88. The van der Waals surface area contributed by atoms with E-state index >= 15 is 0 Å². The zero-order chi connectivity index (χ0) is 13.1. The van der Waals surface area contributed by atoms with E-state index in [9.17, 15) is 4.79 Å². The van der Waals surface area contributed by atoms with Crippen LogP contribution in [0.25, 0.3) is 0 Å². The fraction of sp³-hybridized carbons (Fsp3) is 0.214. The highest BCUT2D eigenvalue weighted by Crippen LogP contribution is 2.25. The van der Waals surface area contributed by atoms with Gasteiger partial charge in [-0.05, 0) is 34.5 Å². The molecule has 0 saturated heterocycles. The standard InChI is InChI=1S/C14H14BrNOS/c1-10(11-6-4-3-5-7-11)16(2)14(17)12-8-13(15)18-9-12/h3-10H,1-2H3. The Bertz CT molecular complexity index is 538. The van der Waals surface area contributed by atoms with E-state index in [-0.39, 0.29) is 11.9 Å². The van der Waals surface area contributed by atoms with E-state index in [2.05, 4.69) is 15.9 Å². The summed E-state index contributed by atoms with van der Waals surface area (Å²) in [6.45, 7) is 2.04. The molecular formula is C14H14BrNOS. The second-order valence-electron chi connectivity index (χ2n) is 4.14. The molecule has 1 amide bonds. The third-order valence-corrected chi connectivity index (χ3v) is 4.50. The lowest BCUT2D eigenvalue weighted by molar-refractivity contribution is 0.0743. The lowest BCUT2D eigenvalue weighted by Gasteiger charge is -2.25. The number of halogens is 1. The van der Waals surface area contributed by atoms with Crippen molar-refractivity contribution in [1.82, 2.24) is 4.90 Å². The second-order valence-corrected chi connectivity index (χ2v) is 6.43. The van der Waals surface area contributed by atoms with Crippen LogP contribution in [0.15, 0.2) is 45.6 Å². The van der Waals surface area contributed by atoms with Crippen LogP contribution in [0.3, 0.4) is 0 Å². The van der Waals surface area contributed by atoms with Crippen LogP contribution in [0.1, 0.15) is 28.9 Å². The average molecular weight is 324 g/mol. The fourth-order valence-electron chi connectivity index (χ4n) is 1.76. The van der Waals surface area contributed by atoms with Crippen LogP contribution in [0.4, 0.5) is 0 Å². The summed E-state index contributed by atoms with van der Waals surface area (Å²) in [5.74, 6) is 0.0494. The zero-order valence-corrected chi connectivity index (χ0v) is 12.7. The maximum atomic E-state index is 12.3. The highest BCUT2D eigenvalue weighted by atomic mass is 79.9. The van der Waals surface area contributed by atoms with E-state index in [1.54, 1.807) is 4.90 Å². The van der Waals surface area contributed by atoms with Crippen molar-refractivity contribution in [3.63, 3.8) is 0 Å². The maximum Gasteiger partial charge on any atom is 0.254 e. The molecule has 1 aromatic carbocycles. The second kappa shape index (κ2) is 5.67. The summed E-state index contributed by atoms with van der Waals surface area (Å²) < 4.78 is 0.978. The van der Waals surface area contributed by atoms with Gasteiger partial charge in [0.25, 0.3) is 5.91 Å². The third kappa shape index (κ3) is 2.82. The minimum absolute atomic E-state index is 0.0494. The third-order valence-electron chi connectivity index (χ3n) is 3.00. The molecule has 94 valence electrons. The molecular weight excluding hydrogens is 310 g/mol. The van der Waals surface area contributed by atoms with Crippen molar-refractivity contribution in [1.29, 1.82) is 0 Å². The Morgan fingerprint density at radius 1 is 1.33 bits per heavy atom. The summed E-state index contributed by atoms with van der Waals surface area (Å²) in [5.41, 5.74) is 1.87. The molecule has 0 bridgehead atoms. The first-order valence-corrected chi connectivity index (χ1v) is 7.33. The Morgan fingerprint density at radius 3 is 2.56 bits per heavy atom. The SMILES string of the molecule is CC(c1ccccc1)N(C)C(=O)c1csc(Br)c1. The average Bonchev–Trinajstić information content (AvgIpc) is 2.84. The van der Waals surface area contributed by atoms with Crippen LogP contribution in [0, 0.1) is 0 Å². The highest BCUT2D eigenvalue weighted by molar-refractivity contribution is 9.11. The summed E-state index contributed by atoms with van der Waals surface area (Å²) in [6, 6.07) is 12.0. The normalized spacial score (nSPS) is 12.2. The number of thiophene rings is 1. The summed E-state index contributed by atoms with van der Waals surface area (Å²) >= 11 is 4.91. The van der Waals surface area contributed by atoms with Gasteiger partial charge in [0.05, 0.1) is 15.4 Å². The minimum atomic E-state index is 0.0494. The maximum absolute atomic E-state index is 12.3. The van der Waals surface area contributed by atoms with Gasteiger partial charge in [-0.2, -0.15) is 0 Å². The predicted octanol–water partition coefficient (Wildman–Crippen LogP) is 4.34. The predicted molar refractivity (Wildman–Crippen MR) is 79.0 cm³/mol. The first kappa shape index (κ1) is 13.3. The molecule has 1 heterocycles. The van der Waals surface area contributed by atoms with Crippen molar-refractivity contribution in [3.05, 3.63) is 56.7 Å². The topological polar surface area (TPSA) is 20.3 Å². The van der Waals surface area contributed by atoms with Crippen molar-refractivity contribution in [2.24, 2.45) is 0 Å². The van der Waals surface area contributed by atoms with Gasteiger partial charge in [-0.25, -0.2) is 0 Å². The van der Waals surface area contributed by atoms with E-state index in [0.717, 1.165) is 14.9 Å². The van der Waals surface area contributed by atoms with Crippen molar-refractivity contribution in [2.75, 3.05) is 7.05 Å². The number of benzene rings is 1. The van der Waals surface area contributed by atoms with Crippen LogP contribution in [-0.4, -0.2) is 17.9 Å². The molecule has 0 fully saturated rings. The molecule has 4 heteroatoms. The molecule has 18 heavy (non-hydrogen) atoms. The number of carbonyl (C=O) groups excluding carboxylic acids is 1. The number of hydrogen-bond donors (Lipinski definition) is 0. The van der Waals surface area contributed by atoms with Crippen LogP contribution in [0.5, 0.6) is 0 Å². The molecule has 1 unspecified atom stereocenters. The van der Waals surface area contributed by atoms with Gasteiger partial charge >= 0.3 is 0 Å². The Morgan fingerprint density at radius 2 is 2.00 bits per heavy atom. The summed E-state index contributed by atoms with van der Waals surface area (Å²) in [4.78, 5) is 14.1. The van der Waals surface area contributed by atoms with Gasteiger partial charge in [-0.1, -0.05) is 30.3 Å². The highest BCUT2D eigenvalue weighted by Gasteiger charge is 2.19. The van der Waals surface area contributed by atoms with Crippen molar-refractivity contribution >= 4 is 33.2 Å². The minimum Gasteiger partial charge on any atom is -0.335 e. The molecule has 0 saturated carbocycles. The Kier molecular flexibility index (Phi) is 4.19. The number of amides is 1. The largest absolute Gasteiger partial charge is 0.335 e. The molecule has 0 spiro atoms. The van der Waals surface area contributed by atoms with Crippen LogP contribution in [-0.2, 0) is 0 Å². The van der Waals surface area contributed by atoms with Gasteiger partial charge in [0, 0.05) is 12.4 Å². The van der Waals surface area contributed by atoms with Gasteiger partial charge in [-0.15, -0.1) is 11.3 Å². The Hall–Kier alpha value is -1.13. The van der Waals surface area contributed by atoms with Crippen LogP contribution < -0.4 is 0 Å². The van der Waals surface area contributed by atoms with Gasteiger partial charge in [0.1, 0.15) is 0 Å². The lowest BCUT2D eigenvalue weighted by atomic mass is 10.1. The van der Waals surface area contributed by atoms with Crippen molar-refractivity contribution < 1.29 is 4.79 Å². The molecule has 2 rings (SSSR count). The summed E-state index contributed by atoms with van der Waals surface area (Å²) in [6.07, 6.45) is 0. The van der Waals surface area contributed by atoms with E-state index in [0.29, 0.717) is 0 Å². The molecule has 0 radical (unpaired) electrons. The fourth-order valence-corrected chi connectivity index (χ4v) is 2.89. The quantitative estimate of drug-likeness (QED) is 0.822. The number of nitrogens with zero attached hydrogens (tertiary/aromatic N) is 1. The van der Waals surface area contributed by atoms with E-state index in [1.807, 2.05) is 55.7 Å². The number of carbonyl (C=O) groups is 1. The molecule has 1 atom stereocenters. The summed E-state index contributed by atoms with van der Waals surface area (Å²) in [7, 11) is 1.84. The van der Waals surface area contributed by atoms with Gasteiger partial charge in [-0.3, -0.25) is 4.79 Å². The smallest absolute Gasteiger partial charge is 0.254 e. The number of hydrogen-bond acceptors (Lipinski definition) is 2. The van der Waals surface area contributed by atoms with E-state index in [1.165, 1.54) is 11.3 Å². The Labute approximate surface area is 119 Å². The molecule has 1 aromatic heterocycles. The monoisotopic (exact) mass is 323 g/mol. The first-order valence-electron chi connectivity index (χ1n) is 5.65. The zero-order valence-electron chi connectivity index (χ0n) is 10.3. The van der Waals surface area contributed by atoms with Crippen LogP contribution >= 0.6 is 27.3 Å². The molecule has 0 aliphatic carbocycles. The first-order chi connectivity index (χ1) is 8.59. The van der Waals surface area contributed by atoms with E-state index < -0.39 is 0 Å². The molecule has 0 N–H and O–H groups in total. The Balaban J connectivity index is 2.16. The molecule has 2 nitrogen and oxygen atoms in total. The van der Waals surface area contributed by atoms with Gasteiger partial charge < -0.3 is 4.90 Å². The number of rotatable bonds is 3. The van der Waals surface area contributed by atoms with Gasteiger partial charge in [0.2, 0.25) is 0 Å². The van der Waals surface area contributed by atoms with E-state index in [4.69, 9.17) is 0 Å². The van der Waals surface area contributed by atoms with Crippen LogP contribution in [0.2, 0.25) is 0 Å². The molecule has 0 aliphatic heterocycles. The lowest BCUT2D eigenvalue weighted by Crippen LogP contribution is -2.29. The van der Waals surface area contributed by atoms with Crippen molar-refractivity contribution in [3.8, 4) is 0 Å². The van der Waals surface area contributed by atoms with Crippen molar-refractivity contribution in [2.45, 2.75) is 13.0 Å². The molecule has 0 aliphatic rings. The van der Waals surface area contributed by atoms with Gasteiger partial charge in [0.15, 0.2) is 0 Å².